The van der Waals surface area contributed by atoms with Gasteiger partial charge in [-0.3, -0.25) is 9.89 Å². The van der Waals surface area contributed by atoms with E-state index in [2.05, 4.69) is 20.5 Å². The molecular weight excluding hydrogens is 356 g/mol. The second kappa shape index (κ2) is 6.66. The number of aromatic nitrogens is 3. The minimum absolute atomic E-state index is 0.196. The number of carbonyl (C=O) groups is 1. The van der Waals surface area contributed by atoms with Crippen molar-refractivity contribution in [1.82, 2.24) is 20.5 Å². The number of nitrogens with one attached hydrogen (secondary N) is 2. The van der Waals surface area contributed by atoms with Crippen LogP contribution < -0.4 is 5.32 Å². The van der Waals surface area contributed by atoms with Crippen LogP contribution >= 0.6 is 22.9 Å². The van der Waals surface area contributed by atoms with Crippen LogP contribution in [0, 0.1) is 0 Å². The highest BCUT2D eigenvalue weighted by molar-refractivity contribution is 7.18. The Kier molecular flexibility index (Phi) is 4.21. The molecule has 0 unspecified atom stereocenters. The largest absolute Gasteiger partial charge is 0.345 e. The number of halogens is 1. The molecule has 0 aliphatic rings. The molecule has 0 aliphatic carbocycles. The molecule has 5 nitrogen and oxygen atoms in total. The second-order valence-electron chi connectivity index (χ2n) is 5.42. The van der Waals surface area contributed by atoms with Crippen molar-refractivity contribution < 1.29 is 4.79 Å². The van der Waals surface area contributed by atoms with Crippen molar-refractivity contribution >= 4 is 39.1 Å². The van der Waals surface area contributed by atoms with Crippen LogP contribution in [0.15, 0.2) is 54.7 Å². The first-order chi connectivity index (χ1) is 12.2. The van der Waals surface area contributed by atoms with E-state index >= 15 is 0 Å². The van der Waals surface area contributed by atoms with Crippen molar-refractivity contribution in [2.45, 2.75) is 6.54 Å². The van der Waals surface area contributed by atoms with Gasteiger partial charge in [-0.05, 0) is 24.3 Å². The number of hydrogen-bond acceptors (Lipinski definition) is 4. The topological polar surface area (TPSA) is 70.7 Å². The molecule has 0 radical (unpaired) electrons. The predicted octanol–water partition coefficient (Wildman–Crippen LogP) is 4.27. The zero-order valence-electron chi connectivity index (χ0n) is 13.0. The van der Waals surface area contributed by atoms with Gasteiger partial charge < -0.3 is 5.32 Å². The van der Waals surface area contributed by atoms with Crippen LogP contribution in [0.5, 0.6) is 0 Å². The van der Waals surface area contributed by atoms with Gasteiger partial charge in [-0.25, -0.2) is 4.98 Å². The SMILES string of the molecule is O=C(NCc1nc2ccccc2s1)c1cn[nH]c1-c1ccc(Cl)cc1. The summed E-state index contributed by atoms with van der Waals surface area (Å²) in [7, 11) is 0. The Morgan fingerprint density at radius 2 is 1.96 bits per heavy atom. The number of carbonyl (C=O) groups excluding carboxylic acids is 1. The van der Waals surface area contributed by atoms with Crippen LogP contribution in [0.25, 0.3) is 21.5 Å². The van der Waals surface area contributed by atoms with Crippen molar-refractivity contribution in [2.24, 2.45) is 0 Å². The third-order valence-electron chi connectivity index (χ3n) is 3.76. The summed E-state index contributed by atoms with van der Waals surface area (Å²) in [5.74, 6) is -0.196. The van der Waals surface area contributed by atoms with Gasteiger partial charge in [0.1, 0.15) is 5.01 Å². The van der Waals surface area contributed by atoms with E-state index in [0.29, 0.717) is 22.8 Å². The lowest BCUT2D eigenvalue weighted by molar-refractivity contribution is 0.0951. The number of hydrogen-bond donors (Lipinski definition) is 2. The number of fused-ring (bicyclic) bond motifs is 1. The quantitative estimate of drug-likeness (QED) is 0.565. The van der Waals surface area contributed by atoms with Gasteiger partial charge in [-0.1, -0.05) is 35.9 Å². The Hall–Kier alpha value is -2.70. The Labute approximate surface area is 152 Å². The molecule has 4 rings (SSSR count). The van der Waals surface area contributed by atoms with E-state index < -0.39 is 0 Å². The average Bonchev–Trinajstić information content (AvgIpc) is 3.27. The molecule has 124 valence electrons. The number of aromatic amines is 1. The van der Waals surface area contributed by atoms with E-state index in [0.717, 1.165) is 20.8 Å². The molecule has 0 spiro atoms. The van der Waals surface area contributed by atoms with Crippen molar-refractivity contribution in [2.75, 3.05) is 0 Å². The lowest BCUT2D eigenvalue weighted by atomic mass is 10.1. The summed E-state index contributed by atoms with van der Waals surface area (Å²) in [6.45, 7) is 0.378. The van der Waals surface area contributed by atoms with E-state index in [1.54, 1.807) is 23.5 Å². The zero-order chi connectivity index (χ0) is 17.2. The van der Waals surface area contributed by atoms with Gasteiger partial charge in [0.15, 0.2) is 0 Å². The molecular formula is C18H13ClN4OS. The van der Waals surface area contributed by atoms with Crippen molar-refractivity contribution in [3.05, 3.63) is 70.3 Å². The van der Waals surface area contributed by atoms with Crippen molar-refractivity contribution in [3.8, 4) is 11.3 Å². The Bertz CT molecular complexity index is 1010. The van der Waals surface area contributed by atoms with Gasteiger partial charge in [0.25, 0.3) is 5.91 Å². The molecule has 0 saturated carbocycles. The fraction of sp³-hybridized carbons (Fsp3) is 0.0556. The maximum atomic E-state index is 12.5. The maximum absolute atomic E-state index is 12.5. The highest BCUT2D eigenvalue weighted by Crippen LogP contribution is 2.24. The monoisotopic (exact) mass is 368 g/mol. The Morgan fingerprint density at radius 1 is 1.16 bits per heavy atom. The molecule has 0 atom stereocenters. The van der Waals surface area contributed by atoms with Crippen LogP contribution in [0.4, 0.5) is 0 Å². The lowest BCUT2D eigenvalue weighted by Crippen LogP contribution is -2.22. The maximum Gasteiger partial charge on any atom is 0.255 e. The minimum atomic E-state index is -0.196. The molecule has 2 heterocycles. The molecule has 0 saturated heterocycles. The van der Waals surface area contributed by atoms with Gasteiger partial charge in [-0.15, -0.1) is 11.3 Å². The minimum Gasteiger partial charge on any atom is -0.345 e. The van der Waals surface area contributed by atoms with E-state index in [1.165, 1.54) is 6.20 Å². The summed E-state index contributed by atoms with van der Waals surface area (Å²) >= 11 is 7.49. The number of para-hydroxylation sites is 1. The number of amides is 1. The van der Waals surface area contributed by atoms with E-state index in [9.17, 15) is 4.79 Å². The standard InChI is InChI=1S/C18H13ClN4OS/c19-12-7-5-11(6-8-12)17-13(9-21-23-17)18(24)20-10-16-22-14-3-1-2-4-15(14)25-16/h1-9H,10H2,(H,20,24)(H,21,23). The molecule has 0 bridgehead atoms. The molecule has 7 heteroatoms. The first-order valence-electron chi connectivity index (χ1n) is 7.62. The summed E-state index contributed by atoms with van der Waals surface area (Å²) in [4.78, 5) is 17.1. The van der Waals surface area contributed by atoms with Gasteiger partial charge in [0, 0.05) is 10.6 Å². The Balaban J connectivity index is 1.52. The van der Waals surface area contributed by atoms with Gasteiger partial charge in [0.05, 0.1) is 34.2 Å². The fourth-order valence-electron chi connectivity index (χ4n) is 2.54. The molecule has 1 amide bonds. The lowest BCUT2D eigenvalue weighted by Gasteiger charge is -2.04. The molecule has 2 N–H and O–H groups in total. The molecule has 4 aromatic rings. The summed E-state index contributed by atoms with van der Waals surface area (Å²) in [5.41, 5.74) is 2.95. The van der Waals surface area contributed by atoms with Crippen LogP contribution in [-0.2, 0) is 6.54 Å². The number of H-pyrrole nitrogens is 1. The second-order valence-corrected chi connectivity index (χ2v) is 6.98. The van der Waals surface area contributed by atoms with Gasteiger partial charge >= 0.3 is 0 Å². The number of thiazole rings is 1. The van der Waals surface area contributed by atoms with E-state index in [4.69, 9.17) is 11.6 Å². The molecule has 2 aromatic carbocycles. The summed E-state index contributed by atoms with van der Waals surface area (Å²) in [6, 6.07) is 15.2. The van der Waals surface area contributed by atoms with Gasteiger partial charge in [0.2, 0.25) is 0 Å². The predicted molar refractivity (Wildman–Crippen MR) is 99.8 cm³/mol. The summed E-state index contributed by atoms with van der Waals surface area (Å²) < 4.78 is 1.11. The zero-order valence-corrected chi connectivity index (χ0v) is 14.6. The smallest absolute Gasteiger partial charge is 0.255 e. The van der Waals surface area contributed by atoms with Crippen LogP contribution in [0.1, 0.15) is 15.4 Å². The highest BCUT2D eigenvalue weighted by Gasteiger charge is 2.15. The van der Waals surface area contributed by atoms with Crippen molar-refractivity contribution in [1.29, 1.82) is 0 Å². The normalized spacial score (nSPS) is 10.9. The fourth-order valence-corrected chi connectivity index (χ4v) is 3.57. The highest BCUT2D eigenvalue weighted by atomic mass is 35.5. The van der Waals surface area contributed by atoms with E-state index in [1.807, 2.05) is 36.4 Å². The van der Waals surface area contributed by atoms with Crippen molar-refractivity contribution in [3.63, 3.8) is 0 Å². The third-order valence-corrected chi connectivity index (χ3v) is 5.04. The van der Waals surface area contributed by atoms with E-state index in [-0.39, 0.29) is 5.91 Å². The first-order valence-corrected chi connectivity index (χ1v) is 8.82. The molecule has 25 heavy (non-hydrogen) atoms. The summed E-state index contributed by atoms with van der Waals surface area (Å²) in [5, 5.41) is 11.3. The average molecular weight is 369 g/mol. The number of rotatable bonds is 4. The third kappa shape index (κ3) is 3.26. The number of nitrogens with zero attached hydrogens (tertiary/aromatic N) is 2. The first kappa shape index (κ1) is 15.8. The molecule has 2 aromatic heterocycles. The van der Waals surface area contributed by atoms with Gasteiger partial charge in [-0.2, -0.15) is 5.10 Å². The summed E-state index contributed by atoms with van der Waals surface area (Å²) in [6.07, 6.45) is 1.53. The van der Waals surface area contributed by atoms with Crippen LogP contribution in [-0.4, -0.2) is 21.1 Å². The Morgan fingerprint density at radius 3 is 2.76 bits per heavy atom. The van der Waals surface area contributed by atoms with Crippen LogP contribution in [0.2, 0.25) is 5.02 Å². The molecule has 0 fully saturated rings. The van der Waals surface area contributed by atoms with Crippen LogP contribution in [0.3, 0.4) is 0 Å². The molecule has 0 aliphatic heterocycles. The number of benzene rings is 2.